The molecule has 0 unspecified atom stereocenters. The molecule has 0 bridgehead atoms. The second-order valence-corrected chi connectivity index (χ2v) is 10.0. The van der Waals surface area contributed by atoms with Crippen molar-refractivity contribution in [3.8, 4) is 17.4 Å². The van der Waals surface area contributed by atoms with Crippen LogP contribution in [0.25, 0.3) is 22.6 Å². The first-order chi connectivity index (χ1) is 17.4. The van der Waals surface area contributed by atoms with Gasteiger partial charge in [0.15, 0.2) is 11.6 Å². The molecule has 3 aromatic heterocycles. The van der Waals surface area contributed by atoms with Gasteiger partial charge in [0, 0.05) is 31.9 Å². The van der Waals surface area contributed by atoms with Crippen LogP contribution in [-0.4, -0.2) is 44.8 Å². The summed E-state index contributed by atoms with van der Waals surface area (Å²) in [5, 5.41) is 4.94. The van der Waals surface area contributed by atoms with E-state index in [0.717, 1.165) is 23.8 Å². The van der Waals surface area contributed by atoms with Crippen molar-refractivity contribution in [1.29, 1.82) is 0 Å². The van der Waals surface area contributed by atoms with E-state index in [1.807, 2.05) is 51.1 Å². The van der Waals surface area contributed by atoms with Crippen molar-refractivity contribution in [1.82, 2.24) is 20.0 Å². The molecule has 5 rings (SSSR count). The van der Waals surface area contributed by atoms with Crippen LogP contribution in [0.1, 0.15) is 45.0 Å². The number of nitrogens with zero attached hydrogens (tertiary/aromatic N) is 4. The maximum Gasteiger partial charge on any atom is 0.410 e. The zero-order valence-corrected chi connectivity index (χ0v) is 20.8. The van der Waals surface area contributed by atoms with Crippen LogP contribution in [0.5, 0.6) is 5.75 Å². The third-order valence-corrected chi connectivity index (χ3v) is 6.07. The fourth-order valence-corrected chi connectivity index (χ4v) is 4.27. The van der Waals surface area contributed by atoms with E-state index in [4.69, 9.17) is 18.4 Å². The minimum atomic E-state index is -0.495. The number of rotatable bonds is 6. The lowest BCUT2D eigenvalue weighted by atomic mass is 9.93. The summed E-state index contributed by atoms with van der Waals surface area (Å²) in [5.41, 5.74) is 1.17. The van der Waals surface area contributed by atoms with Gasteiger partial charge in [0.25, 0.3) is 5.89 Å². The van der Waals surface area contributed by atoms with Crippen molar-refractivity contribution in [3.63, 3.8) is 0 Å². The molecule has 0 atom stereocenters. The van der Waals surface area contributed by atoms with Crippen LogP contribution in [0.4, 0.5) is 4.79 Å². The van der Waals surface area contributed by atoms with E-state index < -0.39 is 5.60 Å². The highest BCUT2D eigenvalue weighted by molar-refractivity contribution is 5.89. The molecule has 9 nitrogen and oxygen atoms in total. The summed E-state index contributed by atoms with van der Waals surface area (Å²) >= 11 is 0. The van der Waals surface area contributed by atoms with Gasteiger partial charge in [-0.1, -0.05) is 35.5 Å². The number of amides is 1. The fraction of sp³-hybridized carbons (Fsp3) is 0.407. The van der Waals surface area contributed by atoms with Crippen LogP contribution in [0, 0.1) is 5.92 Å². The minimum absolute atomic E-state index is 0.259. The first-order valence-electron chi connectivity index (χ1n) is 12.2. The molecule has 1 fully saturated rings. The summed E-state index contributed by atoms with van der Waals surface area (Å²) in [5.74, 6) is 2.15. The highest BCUT2D eigenvalue weighted by atomic mass is 16.6. The Labute approximate surface area is 209 Å². The van der Waals surface area contributed by atoms with Crippen LogP contribution in [-0.2, 0) is 17.8 Å². The molecule has 188 valence electrons. The summed E-state index contributed by atoms with van der Waals surface area (Å²) < 4.78 is 23.3. The maximum atomic E-state index is 12.3. The Morgan fingerprint density at radius 1 is 1.14 bits per heavy atom. The van der Waals surface area contributed by atoms with Crippen molar-refractivity contribution in [2.24, 2.45) is 5.92 Å². The van der Waals surface area contributed by atoms with E-state index in [1.165, 1.54) is 0 Å². The normalized spacial score (nSPS) is 14.8. The lowest BCUT2D eigenvalue weighted by molar-refractivity contribution is 0.0183. The molecule has 1 aromatic carbocycles. The van der Waals surface area contributed by atoms with Gasteiger partial charge in [-0.05, 0) is 51.2 Å². The standard InChI is InChI=1S/C27H30N4O5/c1-27(2,3)35-26(32)31-13-10-18(11-14-31)15-22-29-25(36-30-22)24-23(20-16-28-12-9-21(20)34-24)33-17-19-7-5-4-6-8-19/h4-9,12,16,18H,10-11,13-15,17H2,1-3H3. The highest BCUT2D eigenvalue weighted by Crippen LogP contribution is 2.39. The second kappa shape index (κ2) is 10.0. The molecule has 4 heterocycles. The summed E-state index contributed by atoms with van der Waals surface area (Å²) in [7, 11) is 0. The van der Waals surface area contributed by atoms with E-state index in [1.54, 1.807) is 23.4 Å². The van der Waals surface area contributed by atoms with Gasteiger partial charge < -0.3 is 23.3 Å². The maximum absolute atomic E-state index is 12.3. The topological polar surface area (TPSA) is 104 Å². The molecule has 9 heteroatoms. The van der Waals surface area contributed by atoms with E-state index in [2.05, 4.69) is 15.1 Å². The monoisotopic (exact) mass is 490 g/mol. The number of benzene rings is 1. The van der Waals surface area contributed by atoms with E-state index in [0.29, 0.717) is 55.0 Å². The third kappa shape index (κ3) is 5.50. The number of aromatic nitrogens is 3. The van der Waals surface area contributed by atoms with Crippen molar-refractivity contribution in [2.75, 3.05) is 13.1 Å². The van der Waals surface area contributed by atoms with Crippen LogP contribution < -0.4 is 4.74 Å². The first kappa shape index (κ1) is 23.8. The molecule has 0 N–H and O–H groups in total. The molecule has 0 saturated carbocycles. The number of carbonyl (C=O) groups is 1. The molecule has 4 aromatic rings. The quantitative estimate of drug-likeness (QED) is 0.342. The summed E-state index contributed by atoms with van der Waals surface area (Å²) in [6.07, 6.45) is 5.48. The molecular weight excluding hydrogens is 460 g/mol. The van der Waals surface area contributed by atoms with E-state index in [-0.39, 0.29) is 12.0 Å². The Morgan fingerprint density at radius 3 is 2.67 bits per heavy atom. The molecule has 0 aliphatic carbocycles. The lowest BCUT2D eigenvalue weighted by Crippen LogP contribution is -2.42. The summed E-state index contributed by atoms with van der Waals surface area (Å²) in [4.78, 5) is 22.9. The van der Waals surface area contributed by atoms with Crippen LogP contribution in [0.15, 0.2) is 57.7 Å². The van der Waals surface area contributed by atoms with Crippen molar-refractivity contribution < 1.29 is 23.2 Å². The Morgan fingerprint density at radius 2 is 1.92 bits per heavy atom. The average Bonchev–Trinajstić information content (AvgIpc) is 3.47. The Hall–Kier alpha value is -3.88. The largest absolute Gasteiger partial charge is 0.484 e. The van der Waals surface area contributed by atoms with Gasteiger partial charge >= 0.3 is 6.09 Å². The number of hydrogen-bond acceptors (Lipinski definition) is 8. The Balaban J connectivity index is 1.27. The zero-order chi connectivity index (χ0) is 25.1. The SMILES string of the molecule is CC(C)(C)OC(=O)N1CCC(Cc2noc(-c3oc4ccncc4c3OCc3ccccc3)n2)CC1. The van der Waals surface area contributed by atoms with Crippen molar-refractivity contribution in [2.45, 2.75) is 52.2 Å². The predicted molar refractivity (Wildman–Crippen MR) is 132 cm³/mol. The van der Waals surface area contributed by atoms with Crippen LogP contribution >= 0.6 is 0 Å². The number of fused-ring (bicyclic) bond motifs is 1. The fourth-order valence-electron chi connectivity index (χ4n) is 4.27. The van der Waals surface area contributed by atoms with Crippen molar-refractivity contribution in [3.05, 3.63) is 60.2 Å². The van der Waals surface area contributed by atoms with Gasteiger partial charge in [-0.2, -0.15) is 4.98 Å². The molecule has 0 spiro atoms. The number of piperidine rings is 1. The molecule has 1 aliphatic rings. The smallest absolute Gasteiger partial charge is 0.410 e. The zero-order valence-electron chi connectivity index (χ0n) is 20.8. The van der Waals surface area contributed by atoms with Gasteiger partial charge in [0.2, 0.25) is 5.76 Å². The number of likely N-dealkylation sites (tertiary alicyclic amines) is 1. The number of pyridine rings is 1. The average molecular weight is 491 g/mol. The predicted octanol–water partition coefficient (Wildman–Crippen LogP) is 5.65. The second-order valence-electron chi connectivity index (χ2n) is 10.0. The molecule has 1 saturated heterocycles. The third-order valence-electron chi connectivity index (χ3n) is 6.07. The molecule has 1 aliphatic heterocycles. The summed E-state index contributed by atoms with van der Waals surface area (Å²) in [6, 6.07) is 11.7. The molecular formula is C27H30N4O5. The first-order valence-corrected chi connectivity index (χ1v) is 12.2. The number of hydrogen-bond donors (Lipinski definition) is 0. The highest BCUT2D eigenvalue weighted by Gasteiger charge is 2.29. The molecule has 0 radical (unpaired) electrons. The molecule has 36 heavy (non-hydrogen) atoms. The van der Waals surface area contributed by atoms with Gasteiger partial charge in [-0.15, -0.1) is 0 Å². The van der Waals surface area contributed by atoms with Gasteiger partial charge in [0.05, 0.1) is 5.39 Å². The Bertz CT molecular complexity index is 1320. The number of carbonyl (C=O) groups excluding carboxylic acids is 1. The van der Waals surface area contributed by atoms with Gasteiger partial charge in [0.1, 0.15) is 17.8 Å². The minimum Gasteiger partial charge on any atom is -0.484 e. The lowest BCUT2D eigenvalue weighted by Gasteiger charge is -2.33. The number of ether oxygens (including phenoxy) is 2. The number of furan rings is 1. The van der Waals surface area contributed by atoms with Gasteiger partial charge in [-0.3, -0.25) is 4.98 Å². The van der Waals surface area contributed by atoms with Crippen LogP contribution in [0.2, 0.25) is 0 Å². The van der Waals surface area contributed by atoms with E-state index >= 15 is 0 Å². The van der Waals surface area contributed by atoms with Crippen LogP contribution in [0.3, 0.4) is 0 Å². The van der Waals surface area contributed by atoms with E-state index in [9.17, 15) is 4.79 Å². The van der Waals surface area contributed by atoms with Gasteiger partial charge in [-0.25, -0.2) is 4.79 Å². The molecule has 1 amide bonds. The Kier molecular flexibility index (Phi) is 6.63. The summed E-state index contributed by atoms with van der Waals surface area (Å²) in [6.45, 7) is 7.30. The van der Waals surface area contributed by atoms with Crippen molar-refractivity contribution >= 4 is 17.1 Å².